The highest BCUT2D eigenvalue weighted by molar-refractivity contribution is 7.99. The van der Waals surface area contributed by atoms with Crippen LogP contribution in [0.1, 0.15) is 36.5 Å². The highest BCUT2D eigenvalue weighted by Crippen LogP contribution is 2.27. The summed E-state index contributed by atoms with van der Waals surface area (Å²) < 4.78 is 14.3. The molecule has 38 heavy (non-hydrogen) atoms. The third kappa shape index (κ3) is 8.91. The molecule has 1 atom stereocenters. The second-order valence-corrected chi connectivity index (χ2v) is 11.0. The maximum Gasteiger partial charge on any atom is 0.243 e. The average molecular weight is 596 g/mol. The van der Waals surface area contributed by atoms with Crippen molar-refractivity contribution in [3.8, 4) is 0 Å². The van der Waals surface area contributed by atoms with Crippen molar-refractivity contribution in [2.24, 2.45) is 0 Å². The summed E-state index contributed by atoms with van der Waals surface area (Å²) in [5, 5.41) is 4.18. The van der Waals surface area contributed by atoms with Crippen LogP contribution in [0.25, 0.3) is 0 Å². The predicted molar refractivity (Wildman–Crippen MR) is 156 cm³/mol. The third-order valence-electron chi connectivity index (χ3n) is 5.99. The molecule has 0 aliphatic rings. The van der Waals surface area contributed by atoms with Gasteiger partial charge in [0.25, 0.3) is 0 Å². The minimum absolute atomic E-state index is 0.0312. The number of rotatable bonds is 13. The van der Waals surface area contributed by atoms with E-state index in [9.17, 15) is 14.0 Å². The predicted octanol–water partition coefficient (Wildman–Crippen LogP) is 7.58. The highest BCUT2D eigenvalue weighted by Gasteiger charge is 2.30. The van der Waals surface area contributed by atoms with Crippen LogP contribution >= 0.6 is 46.6 Å². The summed E-state index contributed by atoms with van der Waals surface area (Å²) in [6, 6.07) is 18.4. The molecule has 0 spiro atoms. The summed E-state index contributed by atoms with van der Waals surface area (Å²) in [5.74, 6) is -0.662. The number of thioether (sulfide) groups is 1. The van der Waals surface area contributed by atoms with Crippen molar-refractivity contribution in [2.45, 2.75) is 44.5 Å². The summed E-state index contributed by atoms with van der Waals surface area (Å²) in [6.45, 7) is 2.68. The molecule has 4 nitrogen and oxygen atoms in total. The Bertz CT molecular complexity index is 1210. The SMILES string of the molecule is CCCCNC(=O)[C@@H](Cc1ccccc1)N(Cc1ccc(Cl)cc1Cl)C(=O)CSCc1c(F)cccc1Cl. The molecule has 0 aliphatic heterocycles. The molecule has 3 aromatic carbocycles. The standard InChI is InChI=1S/C29H30Cl3FN2O2S/c1-2-3-14-34-29(37)27(15-20-8-5-4-6-9-20)35(17-21-12-13-22(30)16-25(21)32)28(36)19-38-18-23-24(31)10-7-11-26(23)33/h4-13,16,27H,2-3,14-15,17-19H2,1H3,(H,34,37)/t27-/m1/s1. The van der Waals surface area contributed by atoms with E-state index in [0.29, 0.717) is 39.2 Å². The minimum atomic E-state index is -0.772. The number of nitrogens with zero attached hydrogens (tertiary/aromatic N) is 1. The second kappa shape index (κ2) is 15.4. The van der Waals surface area contributed by atoms with Gasteiger partial charge in [0, 0.05) is 45.9 Å². The molecule has 3 aromatic rings. The Morgan fingerprint density at radius 1 is 1.00 bits per heavy atom. The van der Waals surface area contributed by atoms with Gasteiger partial charge in [0.2, 0.25) is 11.8 Å². The molecule has 0 aliphatic carbocycles. The van der Waals surface area contributed by atoms with Gasteiger partial charge in [-0.2, -0.15) is 0 Å². The van der Waals surface area contributed by atoms with Gasteiger partial charge < -0.3 is 10.2 Å². The van der Waals surface area contributed by atoms with Crippen LogP contribution in [0.3, 0.4) is 0 Å². The summed E-state index contributed by atoms with van der Waals surface area (Å²) >= 11 is 19.9. The number of hydrogen-bond acceptors (Lipinski definition) is 3. The van der Waals surface area contributed by atoms with Gasteiger partial charge >= 0.3 is 0 Å². The molecule has 0 unspecified atom stereocenters. The lowest BCUT2D eigenvalue weighted by atomic mass is 10.0. The number of carbonyl (C=O) groups excluding carboxylic acids is 2. The molecule has 3 rings (SSSR count). The Kier molecular flexibility index (Phi) is 12.3. The van der Waals surface area contributed by atoms with Crippen LogP contribution in [-0.4, -0.2) is 35.1 Å². The number of hydrogen-bond donors (Lipinski definition) is 1. The molecule has 202 valence electrons. The van der Waals surface area contributed by atoms with Gasteiger partial charge in [-0.3, -0.25) is 9.59 Å². The largest absolute Gasteiger partial charge is 0.354 e. The van der Waals surface area contributed by atoms with Crippen molar-refractivity contribution in [3.05, 3.63) is 104 Å². The van der Waals surface area contributed by atoms with Crippen molar-refractivity contribution in [2.75, 3.05) is 12.3 Å². The molecule has 0 fully saturated rings. The topological polar surface area (TPSA) is 49.4 Å². The number of nitrogens with one attached hydrogen (secondary N) is 1. The van der Waals surface area contributed by atoms with Gasteiger partial charge in [0.05, 0.1) is 5.75 Å². The molecule has 0 heterocycles. The third-order valence-corrected chi connectivity index (χ3v) is 7.88. The number of halogens is 4. The van der Waals surface area contributed by atoms with Crippen molar-refractivity contribution in [1.29, 1.82) is 0 Å². The van der Waals surface area contributed by atoms with Crippen LogP contribution in [0.2, 0.25) is 15.1 Å². The Balaban J connectivity index is 1.88. The Morgan fingerprint density at radius 2 is 1.76 bits per heavy atom. The van der Waals surface area contributed by atoms with E-state index in [1.54, 1.807) is 35.2 Å². The van der Waals surface area contributed by atoms with Crippen molar-refractivity contribution < 1.29 is 14.0 Å². The van der Waals surface area contributed by atoms with E-state index in [0.717, 1.165) is 18.4 Å². The first kappa shape index (κ1) is 30.3. The molecular formula is C29H30Cl3FN2O2S. The van der Waals surface area contributed by atoms with Crippen LogP contribution in [0.4, 0.5) is 4.39 Å². The first-order chi connectivity index (χ1) is 18.3. The number of unbranched alkanes of at least 4 members (excludes halogenated alkanes) is 1. The van der Waals surface area contributed by atoms with Crippen LogP contribution < -0.4 is 5.32 Å². The van der Waals surface area contributed by atoms with E-state index in [-0.39, 0.29) is 29.9 Å². The fourth-order valence-corrected chi connectivity index (χ4v) is 5.60. The van der Waals surface area contributed by atoms with Crippen LogP contribution in [0.15, 0.2) is 66.7 Å². The zero-order chi connectivity index (χ0) is 27.5. The number of carbonyl (C=O) groups is 2. The molecular weight excluding hydrogens is 566 g/mol. The lowest BCUT2D eigenvalue weighted by Gasteiger charge is -2.32. The zero-order valence-electron chi connectivity index (χ0n) is 21.1. The van der Waals surface area contributed by atoms with Crippen LogP contribution in [0, 0.1) is 5.82 Å². The molecule has 9 heteroatoms. The zero-order valence-corrected chi connectivity index (χ0v) is 24.1. The first-order valence-electron chi connectivity index (χ1n) is 12.4. The molecule has 0 aromatic heterocycles. The van der Waals surface area contributed by atoms with E-state index in [1.165, 1.54) is 17.8 Å². The normalized spacial score (nSPS) is 11.7. The molecule has 0 saturated heterocycles. The summed E-state index contributed by atoms with van der Waals surface area (Å²) in [4.78, 5) is 28.7. The maximum atomic E-state index is 14.3. The van der Waals surface area contributed by atoms with E-state index >= 15 is 0 Å². The Hall–Kier alpha value is -2.25. The number of benzene rings is 3. The van der Waals surface area contributed by atoms with Gasteiger partial charge in [-0.1, -0.05) is 90.6 Å². The molecule has 0 saturated carbocycles. The Labute approximate surface area is 242 Å². The van der Waals surface area contributed by atoms with Crippen molar-refractivity contribution in [1.82, 2.24) is 10.2 Å². The fourth-order valence-electron chi connectivity index (χ4n) is 3.89. The average Bonchev–Trinajstić information content (AvgIpc) is 2.89. The van der Waals surface area contributed by atoms with Gasteiger partial charge in [-0.25, -0.2) is 4.39 Å². The fraction of sp³-hybridized carbons (Fsp3) is 0.310. The smallest absolute Gasteiger partial charge is 0.243 e. The second-order valence-electron chi connectivity index (χ2n) is 8.80. The summed E-state index contributed by atoms with van der Waals surface area (Å²) in [5.41, 5.74) is 1.94. The lowest BCUT2D eigenvalue weighted by molar-refractivity contribution is -0.139. The van der Waals surface area contributed by atoms with Gasteiger partial charge in [0.15, 0.2) is 0 Å². The van der Waals surface area contributed by atoms with Gasteiger partial charge in [-0.15, -0.1) is 11.8 Å². The highest BCUT2D eigenvalue weighted by atomic mass is 35.5. The van der Waals surface area contributed by atoms with E-state index in [1.807, 2.05) is 37.3 Å². The summed E-state index contributed by atoms with van der Waals surface area (Å²) in [7, 11) is 0. The Morgan fingerprint density at radius 3 is 2.45 bits per heavy atom. The number of amides is 2. The van der Waals surface area contributed by atoms with Crippen molar-refractivity contribution in [3.63, 3.8) is 0 Å². The molecule has 0 bridgehead atoms. The van der Waals surface area contributed by atoms with Crippen molar-refractivity contribution >= 4 is 58.4 Å². The lowest BCUT2D eigenvalue weighted by Crippen LogP contribution is -2.51. The molecule has 1 N–H and O–H groups in total. The quantitative estimate of drug-likeness (QED) is 0.207. The monoisotopic (exact) mass is 594 g/mol. The van der Waals surface area contributed by atoms with E-state index in [4.69, 9.17) is 34.8 Å². The first-order valence-corrected chi connectivity index (χ1v) is 14.6. The van der Waals surface area contributed by atoms with Gasteiger partial charge in [-0.05, 0) is 41.8 Å². The van der Waals surface area contributed by atoms with Crippen LogP contribution in [0.5, 0.6) is 0 Å². The maximum absolute atomic E-state index is 14.3. The molecule has 2 amide bonds. The van der Waals surface area contributed by atoms with Gasteiger partial charge in [0.1, 0.15) is 11.9 Å². The molecule has 0 radical (unpaired) electrons. The van der Waals surface area contributed by atoms with E-state index in [2.05, 4.69) is 5.32 Å². The summed E-state index contributed by atoms with van der Waals surface area (Å²) in [6.07, 6.45) is 2.10. The van der Waals surface area contributed by atoms with Crippen LogP contribution in [-0.2, 0) is 28.3 Å². The van der Waals surface area contributed by atoms with E-state index < -0.39 is 11.9 Å². The minimum Gasteiger partial charge on any atom is -0.354 e.